The minimum absolute atomic E-state index is 0.127. The van der Waals surface area contributed by atoms with Crippen LogP contribution in [0.5, 0.6) is 0 Å². The van der Waals surface area contributed by atoms with E-state index in [4.69, 9.17) is 4.42 Å². The fraction of sp³-hybridized carbons (Fsp3) is 0.778. The van der Waals surface area contributed by atoms with Gasteiger partial charge in [-0.05, 0) is 64.6 Å². The zero-order chi connectivity index (χ0) is 15.5. The van der Waals surface area contributed by atoms with Crippen LogP contribution in [0.2, 0.25) is 0 Å². The molecule has 1 atom stereocenters. The standard InChI is InChI=1S/C18H32N2O/c1-6-7-15-8-9-20(12-15)13-16-10-14(2)17(21-16)11-19-18(3,4)5/h10,15,19H,6-9,11-13H2,1-5H3. The van der Waals surface area contributed by atoms with Crippen molar-refractivity contribution in [3.8, 4) is 0 Å². The number of hydrogen-bond acceptors (Lipinski definition) is 3. The van der Waals surface area contributed by atoms with Crippen LogP contribution in [0, 0.1) is 12.8 Å². The third-order valence-electron chi connectivity index (χ3n) is 4.30. The molecule has 1 saturated heterocycles. The summed E-state index contributed by atoms with van der Waals surface area (Å²) >= 11 is 0. The van der Waals surface area contributed by atoms with Crippen LogP contribution in [0.4, 0.5) is 0 Å². The zero-order valence-corrected chi connectivity index (χ0v) is 14.5. The van der Waals surface area contributed by atoms with Gasteiger partial charge in [-0.1, -0.05) is 13.3 Å². The molecule has 0 saturated carbocycles. The Hall–Kier alpha value is -0.800. The summed E-state index contributed by atoms with van der Waals surface area (Å²) in [6.07, 6.45) is 4.03. The average Bonchev–Trinajstić information content (AvgIpc) is 2.94. The van der Waals surface area contributed by atoms with Gasteiger partial charge in [0.1, 0.15) is 11.5 Å². The Kier molecular flexibility index (Phi) is 5.50. The third-order valence-corrected chi connectivity index (χ3v) is 4.30. The number of aryl methyl sites for hydroxylation is 1. The molecular weight excluding hydrogens is 260 g/mol. The number of nitrogens with one attached hydrogen (secondary N) is 1. The molecule has 0 bridgehead atoms. The number of likely N-dealkylation sites (tertiary alicyclic amines) is 1. The molecular formula is C18H32N2O. The Morgan fingerprint density at radius 3 is 2.81 bits per heavy atom. The van der Waals surface area contributed by atoms with Crippen LogP contribution in [0.3, 0.4) is 0 Å². The monoisotopic (exact) mass is 292 g/mol. The first-order chi connectivity index (χ1) is 9.87. The van der Waals surface area contributed by atoms with E-state index in [2.05, 4.69) is 50.9 Å². The Bertz CT molecular complexity index is 445. The lowest BCUT2D eigenvalue weighted by atomic mass is 10.0. The highest BCUT2D eigenvalue weighted by molar-refractivity contribution is 5.20. The van der Waals surface area contributed by atoms with Gasteiger partial charge in [0, 0.05) is 12.1 Å². The average molecular weight is 292 g/mol. The van der Waals surface area contributed by atoms with Crippen molar-refractivity contribution in [3.05, 3.63) is 23.2 Å². The minimum atomic E-state index is 0.127. The highest BCUT2D eigenvalue weighted by Crippen LogP contribution is 2.24. The minimum Gasteiger partial charge on any atom is -0.463 e. The number of furan rings is 1. The fourth-order valence-electron chi connectivity index (χ4n) is 3.11. The van der Waals surface area contributed by atoms with Gasteiger partial charge < -0.3 is 9.73 Å². The van der Waals surface area contributed by atoms with Gasteiger partial charge in [0.2, 0.25) is 0 Å². The quantitative estimate of drug-likeness (QED) is 0.855. The summed E-state index contributed by atoms with van der Waals surface area (Å²) < 4.78 is 6.06. The van der Waals surface area contributed by atoms with Crippen LogP contribution < -0.4 is 5.32 Å². The Labute approximate surface area is 130 Å². The molecule has 0 aliphatic carbocycles. The number of hydrogen-bond donors (Lipinski definition) is 1. The largest absolute Gasteiger partial charge is 0.463 e. The Balaban J connectivity index is 1.87. The summed E-state index contributed by atoms with van der Waals surface area (Å²) in [6, 6.07) is 2.22. The molecule has 1 aliphatic heterocycles. The van der Waals surface area contributed by atoms with Crippen molar-refractivity contribution in [3.63, 3.8) is 0 Å². The van der Waals surface area contributed by atoms with E-state index >= 15 is 0 Å². The van der Waals surface area contributed by atoms with Gasteiger partial charge in [-0.15, -0.1) is 0 Å². The summed E-state index contributed by atoms with van der Waals surface area (Å²) in [5.41, 5.74) is 1.40. The predicted octanol–water partition coefficient (Wildman–Crippen LogP) is 4.10. The first kappa shape index (κ1) is 16.6. The van der Waals surface area contributed by atoms with E-state index in [0.29, 0.717) is 0 Å². The number of nitrogens with zero attached hydrogens (tertiary/aromatic N) is 1. The molecule has 1 aliphatic rings. The van der Waals surface area contributed by atoms with Gasteiger partial charge in [0.15, 0.2) is 0 Å². The van der Waals surface area contributed by atoms with Crippen molar-refractivity contribution in [2.75, 3.05) is 13.1 Å². The van der Waals surface area contributed by atoms with E-state index in [9.17, 15) is 0 Å². The fourth-order valence-corrected chi connectivity index (χ4v) is 3.11. The van der Waals surface area contributed by atoms with E-state index in [0.717, 1.165) is 30.5 Å². The molecule has 0 spiro atoms. The molecule has 21 heavy (non-hydrogen) atoms. The molecule has 120 valence electrons. The van der Waals surface area contributed by atoms with E-state index in [1.54, 1.807) is 0 Å². The molecule has 0 aromatic carbocycles. The van der Waals surface area contributed by atoms with Crippen molar-refractivity contribution in [2.24, 2.45) is 5.92 Å². The van der Waals surface area contributed by atoms with Crippen LogP contribution >= 0.6 is 0 Å². The highest BCUT2D eigenvalue weighted by atomic mass is 16.3. The third kappa shape index (κ3) is 5.15. The molecule has 1 aromatic heterocycles. The van der Waals surface area contributed by atoms with Crippen LogP contribution in [0.1, 0.15) is 64.0 Å². The second-order valence-corrected chi connectivity index (χ2v) is 7.60. The van der Waals surface area contributed by atoms with Gasteiger partial charge >= 0.3 is 0 Å². The van der Waals surface area contributed by atoms with Gasteiger partial charge in [0.05, 0.1) is 13.1 Å². The van der Waals surface area contributed by atoms with Crippen molar-refractivity contribution in [1.82, 2.24) is 10.2 Å². The highest BCUT2D eigenvalue weighted by Gasteiger charge is 2.23. The lowest BCUT2D eigenvalue weighted by Crippen LogP contribution is -2.35. The van der Waals surface area contributed by atoms with Crippen molar-refractivity contribution >= 4 is 0 Å². The molecule has 3 nitrogen and oxygen atoms in total. The Morgan fingerprint density at radius 2 is 2.14 bits per heavy atom. The van der Waals surface area contributed by atoms with Crippen LogP contribution in [-0.4, -0.2) is 23.5 Å². The number of rotatable bonds is 6. The van der Waals surface area contributed by atoms with Gasteiger partial charge in [-0.25, -0.2) is 0 Å². The first-order valence-corrected chi connectivity index (χ1v) is 8.43. The SMILES string of the molecule is CCCC1CCN(Cc2cc(C)c(CNC(C)(C)C)o2)C1. The molecule has 2 heterocycles. The lowest BCUT2D eigenvalue weighted by molar-refractivity contribution is 0.277. The van der Waals surface area contributed by atoms with Gasteiger partial charge in [-0.2, -0.15) is 0 Å². The van der Waals surface area contributed by atoms with E-state index in [1.807, 2.05) is 0 Å². The summed E-state index contributed by atoms with van der Waals surface area (Å²) in [5, 5.41) is 3.50. The van der Waals surface area contributed by atoms with Crippen LogP contribution in [-0.2, 0) is 13.1 Å². The van der Waals surface area contributed by atoms with Gasteiger partial charge in [-0.3, -0.25) is 4.90 Å². The van der Waals surface area contributed by atoms with Crippen molar-refractivity contribution in [2.45, 2.75) is 72.5 Å². The van der Waals surface area contributed by atoms with E-state index < -0.39 is 0 Å². The molecule has 1 aromatic rings. The summed E-state index contributed by atoms with van der Waals surface area (Å²) in [4.78, 5) is 2.54. The summed E-state index contributed by atoms with van der Waals surface area (Å²) in [7, 11) is 0. The summed E-state index contributed by atoms with van der Waals surface area (Å²) in [6.45, 7) is 15.2. The molecule has 3 heteroatoms. The maximum atomic E-state index is 6.06. The Morgan fingerprint density at radius 1 is 1.38 bits per heavy atom. The first-order valence-electron chi connectivity index (χ1n) is 8.43. The predicted molar refractivity (Wildman–Crippen MR) is 88.3 cm³/mol. The topological polar surface area (TPSA) is 28.4 Å². The molecule has 0 amide bonds. The van der Waals surface area contributed by atoms with E-state index in [-0.39, 0.29) is 5.54 Å². The van der Waals surface area contributed by atoms with Crippen molar-refractivity contribution < 1.29 is 4.42 Å². The maximum absolute atomic E-state index is 6.06. The van der Waals surface area contributed by atoms with Gasteiger partial charge in [0.25, 0.3) is 0 Å². The van der Waals surface area contributed by atoms with E-state index in [1.165, 1.54) is 37.9 Å². The van der Waals surface area contributed by atoms with Crippen LogP contribution in [0.15, 0.2) is 10.5 Å². The van der Waals surface area contributed by atoms with Crippen molar-refractivity contribution in [1.29, 1.82) is 0 Å². The molecule has 1 N–H and O–H groups in total. The zero-order valence-electron chi connectivity index (χ0n) is 14.5. The summed E-state index contributed by atoms with van der Waals surface area (Å²) in [5.74, 6) is 3.10. The molecule has 0 radical (unpaired) electrons. The molecule has 1 unspecified atom stereocenters. The molecule has 1 fully saturated rings. The lowest BCUT2D eigenvalue weighted by Gasteiger charge is -2.19. The smallest absolute Gasteiger partial charge is 0.120 e. The normalized spacial score (nSPS) is 20.3. The second kappa shape index (κ2) is 6.97. The second-order valence-electron chi connectivity index (χ2n) is 7.60. The molecule has 2 rings (SSSR count). The maximum Gasteiger partial charge on any atom is 0.120 e. The van der Waals surface area contributed by atoms with Crippen LogP contribution in [0.25, 0.3) is 0 Å².